The van der Waals surface area contributed by atoms with Gasteiger partial charge >= 0.3 is 0 Å². The van der Waals surface area contributed by atoms with Gasteiger partial charge in [-0.2, -0.15) is 10.5 Å². The second kappa shape index (κ2) is 3.65. The van der Waals surface area contributed by atoms with Gasteiger partial charge in [0.25, 0.3) is 0 Å². The van der Waals surface area contributed by atoms with Crippen molar-refractivity contribution in [3.63, 3.8) is 0 Å². The van der Waals surface area contributed by atoms with Gasteiger partial charge in [-0.25, -0.2) is 4.98 Å². The number of aromatic amines is 1. The molecule has 0 aliphatic rings. The van der Waals surface area contributed by atoms with Gasteiger partial charge in [0.1, 0.15) is 18.0 Å². The lowest BCUT2D eigenvalue weighted by Crippen LogP contribution is -1.86. The standard InChI is InChI=1S/C11H6N4/c12-6-9-2-1-8(5-10(9)7-13)11-14-3-4-15-11/h1-5H,(H,14,15). The van der Waals surface area contributed by atoms with Gasteiger partial charge in [0.15, 0.2) is 0 Å². The largest absolute Gasteiger partial charge is 0.345 e. The molecule has 1 N–H and O–H groups in total. The third kappa shape index (κ3) is 1.56. The topological polar surface area (TPSA) is 76.3 Å². The summed E-state index contributed by atoms with van der Waals surface area (Å²) in [5.41, 5.74) is 1.55. The van der Waals surface area contributed by atoms with E-state index in [1.54, 1.807) is 30.6 Å². The van der Waals surface area contributed by atoms with Gasteiger partial charge in [-0.1, -0.05) is 0 Å². The van der Waals surface area contributed by atoms with E-state index in [9.17, 15) is 0 Å². The molecule has 1 aromatic carbocycles. The molecule has 0 bridgehead atoms. The fourth-order valence-electron chi connectivity index (χ4n) is 1.30. The molecule has 0 radical (unpaired) electrons. The molecular weight excluding hydrogens is 188 g/mol. The first-order valence-corrected chi connectivity index (χ1v) is 4.29. The Morgan fingerprint density at radius 1 is 1.13 bits per heavy atom. The highest BCUT2D eigenvalue weighted by Gasteiger charge is 2.05. The molecule has 0 spiro atoms. The van der Waals surface area contributed by atoms with E-state index in [1.807, 2.05) is 12.1 Å². The van der Waals surface area contributed by atoms with Crippen LogP contribution >= 0.6 is 0 Å². The monoisotopic (exact) mass is 194 g/mol. The molecule has 0 saturated carbocycles. The average molecular weight is 194 g/mol. The molecule has 0 aliphatic heterocycles. The van der Waals surface area contributed by atoms with Crippen LogP contribution in [0.2, 0.25) is 0 Å². The molecule has 0 amide bonds. The molecule has 2 aromatic rings. The fourth-order valence-corrected chi connectivity index (χ4v) is 1.30. The minimum Gasteiger partial charge on any atom is -0.345 e. The summed E-state index contributed by atoms with van der Waals surface area (Å²) in [4.78, 5) is 7.01. The molecule has 0 saturated heterocycles. The summed E-state index contributed by atoms with van der Waals surface area (Å²) in [6.45, 7) is 0. The van der Waals surface area contributed by atoms with Crippen molar-refractivity contribution in [1.29, 1.82) is 10.5 Å². The third-order valence-electron chi connectivity index (χ3n) is 2.03. The Hall–Kier alpha value is -2.59. The van der Waals surface area contributed by atoms with Crippen LogP contribution in [0.15, 0.2) is 30.6 Å². The van der Waals surface area contributed by atoms with E-state index in [0.717, 1.165) is 5.56 Å². The van der Waals surface area contributed by atoms with Gasteiger partial charge in [0.05, 0.1) is 11.1 Å². The summed E-state index contributed by atoms with van der Waals surface area (Å²) < 4.78 is 0. The first-order chi connectivity index (χ1) is 7.35. The maximum Gasteiger partial charge on any atom is 0.137 e. The second-order valence-electron chi connectivity index (χ2n) is 2.92. The molecule has 4 nitrogen and oxygen atoms in total. The zero-order valence-corrected chi connectivity index (χ0v) is 7.73. The zero-order chi connectivity index (χ0) is 10.7. The van der Waals surface area contributed by atoms with E-state index in [-0.39, 0.29) is 0 Å². The number of nitrogens with one attached hydrogen (secondary N) is 1. The van der Waals surface area contributed by atoms with Crippen molar-refractivity contribution in [3.8, 4) is 23.5 Å². The van der Waals surface area contributed by atoms with Crippen LogP contribution in [0.25, 0.3) is 11.4 Å². The molecule has 1 aromatic heterocycles. The zero-order valence-electron chi connectivity index (χ0n) is 7.73. The Balaban J connectivity index is 2.56. The lowest BCUT2D eigenvalue weighted by atomic mass is 10.1. The van der Waals surface area contributed by atoms with Gasteiger partial charge in [-0.3, -0.25) is 0 Å². The van der Waals surface area contributed by atoms with Crippen molar-refractivity contribution in [2.75, 3.05) is 0 Å². The number of H-pyrrole nitrogens is 1. The SMILES string of the molecule is N#Cc1ccc(-c2ncc[nH]2)cc1C#N. The van der Waals surface area contributed by atoms with Crippen molar-refractivity contribution in [2.45, 2.75) is 0 Å². The van der Waals surface area contributed by atoms with E-state index in [4.69, 9.17) is 10.5 Å². The molecule has 0 unspecified atom stereocenters. The molecule has 0 fully saturated rings. The molecule has 1 heterocycles. The summed E-state index contributed by atoms with van der Waals surface area (Å²) >= 11 is 0. The van der Waals surface area contributed by atoms with Crippen molar-refractivity contribution in [3.05, 3.63) is 41.7 Å². The van der Waals surface area contributed by atoms with Crippen LogP contribution in [0.4, 0.5) is 0 Å². The van der Waals surface area contributed by atoms with Crippen molar-refractivity contribution >= 4 is 0 Å². The van der Waals surface area contributed by atoms with E-state index in [1.165, 1.54) is 0 Å². The number of nitrogens with zero attached hydrogens (tertiary/aromatic N) is 3. The van der Waals surface area contributed by atoms with Crippen molar-refractivity contribution in [1.82, 2.24) is 9.97 Å². The number of rotatable bonds is 1. The Kier molecular flexibility index (Phi) is 2.19. The Bertz CT molecular complexity index is 555. The van der Waals surface area contributed by atoms with Gasteiger partial charge < -0.3 is 4.98 Å². The van der Waals surface area contributed by atoms with Gasteiger partial charge in [0, 0.05) is 18.0 Å². The van der Waals surface area contributed by atoms with Crippen molar-refractivity contribution < 1.29 is 0 Å². The summed E-state index contributed by atoms with van der Waals surface area (Å²) in [5.74, 6) is 0.691. The normalized spacial score (nSPS) is 9.20. The van der Waals surface area contributed by atoms with Crippen LogP contribution in [0.1, 0.15) is 11.1 Å². The first-order valence-electron chi connectivity index (χ1n) is 4.29. The van der Waals surface area contributed by atoms with Crippen LogP contribution in [-0.2, 0) is 0 Å². The lowest BCUT2D eigenvalue weighted by molar-refractivity contribution is 1.30. The highest BCUT2D eigenvalue weighted by molar-refractivity contribution is 5.61. The molecule has 70 valence electrons. The minimum atomic E-state index is 0.367. The smallest absolute Gasteiger partial charge is 0.137 e. The molecule has 0 atom stereocenters. The Labute approximate surface area is 86.4 Å². The molecule has 2 rings (SSSR count). The van der Waals surface area contributed by atoms with Crippen LogP contribution in [0.5, 0.6) is 0 Å². The number of aromatic nitrogens is 2. The fraction of sp³-hybridized carbons (Fsp3) is 0. The number of imidazole rings is 1. The van der Waals surface area contributed by atoms with Crippen molar-refractivity contribution in [2.24, 2.45) is 0 Å². The predicted octanol–water partition coefficient (Wildman–Crippen LogP) is 1.82. The number of hydrogen-bond donors (Lipinski definition) is 1. The molecule has 0 aliphatic carbocycles. The molecule has 4 heteroatoms. The molecular formula is C11H6N4. The van der Waals surface area contributed by atoms with E-state index >= 15 is 0 Å². The summed E-state index contributed by atoms with van der Waals surface area (Å²) in [6.07, 6.45) is 3.35. The summed E-state index contributed by atoms with van der Waals surface area (Å²) in [6, 6.07) is 8.98. The average Bonchev–Trinajstić information content (AvgIpc) is 2.81. The van der Waals surface area contributed by atoms with Gasteiger partial charge in [-0.15, -0.1) is 0 Å². The third-order valence-corrected chi connectivity index (χ3v) is 2.03. The highest BCUT2D eigenvalue weighted by atomic mass is 14.9. The van der Waals surface area contributed by atoms with E-state index < -0.39 is 0 Å². The first kappa shape index (κ1) is 8.98. The lowest BCUT2D eigenvalue weighted by Gasteiger charge is -1.98. The molecule has 15 heavy (non-hydrogen) atoms. The number of nitriles is 2. The maximum atomic E-state index is 8.84. The summed E-state index contributed by atoms with van der Waals surface area (Å²) in [7, 11) is 0. The van der Waals surface area contributed by atoms with E-state index in [0.29, 0.717) is 17.0 Å². The van der Waals surface area contributed by atoms with Crippen LogP contribution < -0.4 is 0 Å². The Morgan fingerprint density at radius 3 is 2.53 bits per heavy atom. The Morgan fingerprint density at radius 2 is 1.93 bits per heavy atom. The number of hydrogen-bond acceptors (Lipinski definition) is 3. The van der Waals surface area contributed by atoms with Gasteiger partial charge in [0.2, 0.25) is 0 Å². The second-order valence-corrected chi connectivity index (χ2v) is 2.92. The number of benzene rings is 1. The van der Waals surface area contributed by atoms with Crippen LogP contribution in [0.3, 0.4) is 0 Å². The van der Waals surface area contributed by atoms with E-state index in [2.05, 4.69) is 9.97 Å². The quantitative estimate of drug-likeness (QED) is 0.752. The predicted molar refractivity (Wildman–Crippen MR) is 53.5 cm³/mol. The van der Waals surface area contributed by atoms with Crippen LogP contribution in [-0.4, -0.2) is 9.97 Å². The van der Waals surface area contributed by atoms with Crippen LogP contribution in [0, 0.1) is 22.7 Å². The highest BCUT2D eigenvalue weighted by Crippen LogP contribution is 2.18. The summed E-state index contributed by atoms with van der Waals surface area (Å²) in [5, 5.41) is 17.6. The maximum absolute atomic E-state index is 8.84. The van der Waals surface area contributed by atoms with Gasteiger partial charge in [-0.05, 0) is 18.2 Å². The minimum absolute atomic E-state index is 0.367.